The number of esters is 1. The fourth-order valence-electron chi connectivity index (χ4n) is 5.35. The van der Waals surface area contributed by atoms with E-state index in [1.165, 1.54) is 4.90 Å². The Hall–Kier alpha value is -5.31. The summed E-state index contributed by atoms with van der Waals surface area (Å²) < 4.78 is 7.24. The number of nitrogens with zero attached hydrogens (tertiary/aromatic N) is 2. The van der Waals surface area contributed by atoms with Crippen LogP contribution in [0.1, 0.15) is 28.4 Å². The maximum Gasteiger partial charge on any atom is 0.338 e. The molecule has 4 aromatic carbocycles. The highest BCUT2D eigenvalue weighted by Crippen LogP contribution is 2.38. The molecule has 0 radical (unpaired) electrons. The zero-order valence-corrected chi connectivity index (χ0v) is 26.6. The number of halogens is 1. The second-order valence-electron chi connectivity index (χ2n) is 10.6. The van der Waals surface area contributed by atoms with Crippen LogP contribution in [-0.2, 0) is 14.3 Å². The lowest BCUT2D eigenvalue weighted by molar-refractivity contribution is -0.122. The number of aromatic nitrogens is 1. The van der Waals surface area contributed by atoms with Gasteiger partial charge in [0.1, 0.15) is 5.57 Å². The summed E-state index contributed by atoms with van der Waals surface area (Å²) in [5.74, 6) is -1.57. The van der Waals surface area contributed by atoms with Gasteiger partial charge in [0, 0.05) is 16.3 Å². The standard InChI is InChI=1S/C37H28ClN3O4S/c1-3-45-36(44)26-15-18-28(19-16-26)40-32(24-10-6-4-7-11-24)21-27(33(40)25-12-8-5-9-13-25)20-30-34(42)39-37(46)41(35(30)43)29-17-14-23(2)31(38)22-29/h4-22H,3H2,1-2H3,(H,39,42,46)/b30-20-. The first-order chi connectivity index (χ1) is 22.3. The highest BCUT2D eigenvalue weighted by Gasteiger charge is 2.35. The quantitative estimate of drug-likeness (QED) is 0.0846. The summed E-state index contributed by atoms with van der Waals surface area (Å²) >= 11 is 11.8. The van der Waals surface area contributed by atoms with E-state index in [1.807, 2.05) is 85.8 Å². The van der Waals surface area contributed by atoms with Gasteiger partial charge in [0.25, 0.3) is 11.8 Å². The normalized spacial score (nSPS) is 14.0. The Bertz CT molecular complexity index is 2020. The van der Waals surface area contributed by atoms with Crippen molar-refractivity contribution in [3.05, 3.63) is 136 Å². The molecule has 46 heavy (non-hydrogen) atoms. The minimum Gasteiger partial charge on any atom is -0.462 e. The number of carbonyl (C=O) groups is 3. The zero-order valence-electron chi connectivity index (χ0n) is 25.0. The summed E-state index contributed by atoms with van der Waals surface area (Å²) in [6.45, 7) is 3.90. The Morgan fingerprint density at radius 1 is 0.870 bits per heavy atom. The number of hydrogen-bond acceptors (Lipinski definition) is 5. The summed E-state index contributed by atoms with van der Waals surface area (Å²) in [4.78, 5) is 41.1. The number of rotatable bonds is 7. The highest BCUT2D eigenvalue weighted by atomic mass is 35.5. The molecule has 228 valence electrons. The smallest absolute Gasteiger partial charge is 0.338 e. The molecule has 1 aromatic heterocycles. The van der Waals surface area contributed by atoms with Gasteiger partial charge in [-0.2, -0.15) is 0 Å². The van der Waals surface area contributed by atoms with E-state index in [4.69, 9.17) is 28.6 Å². The number of aryl methyl sites for hydroxylation is 1. The Kier molecular flexibility index (Phi) is 8.66. The van der Waals surface area contributed by atoms with Crippen LogP contribution in [-0.4, -0.2) is 34.1 Å². The number of ether oxygens (including phenoxy) is 1. The van der Waals surface area contributed by atoms with Gasteiger partial charge in [0.2, 0.25) is 0 Å². The van der Waals surface area contributed by atoms with Crippen molar-refractivity contribution in [2.24, 2.45) is 0 Å². The number of nitrogens with one attached hydrogen (secondary N) is 1. The van der Waals surface area contributed by atoms with Gasteiger partial charge in [0.05, 0.1) is 29.2 Å². The van der Waals surface area contributed by atoms with Gasteiger partial charge in [-0.25, -0.2) is 4.79 Å². The van der Waals surface area contributed by atoms with Gasteiger partial charge in [0.15, 0.2) is 5.11 Å². The summed E-state index contributed by atoms with van der Waals surface area (Å²) in [7, 11) is 0. The molecule has 2 heterocycles. The Labute approximate surface area is 276 Å². The second kappa shape index (κ2) is 13.0. The lowest BCUT2D eigenvalue weighted by Crippen LogP contribution is -2.54. The minimum atomic E-state index is -0.601. The molecular weight excluding hydrogens is 618 g/mol. The van der Waals surface area contributed by atoms with Crippen molar-refractivity contribution in [1.82, 2.24) is 9.88 Å². The Balaban J connectivity index is 1.57. The van der Waals surface area contributed by atoms with Gasteiger partial charge >= 0.3 is 5.97 Å². The monoisotopic (exact) mass is 645 g/mol. The molecule has 7 nitrogen and oxygen atoms in total. The first kappa shape index (κ1) is 30.7. The van der Waals surface area contributed by atoms with E-state index in [1.54, 1.807) is 43.3 Å². The SMILES string of the molecule is CCOC(=O)c1ccc(-n2c(-c3ccccc3)cc(/C=C3/C(=O)NC(=S)N(c4ccc(C)c(Cl)c4)C3=O)c2-c2ccccc2)cc1. The van der Waals surface area contributed by atoms with Gasteiger partial charge in [-0.1, -0.05) is 78.3 Å². The molecule has 0 bridgehead atoms. The van der Waals surface area contributed by atoms with E-state index >= 15 is 0 Å². The molecule has 2 amide bonds. The predicted octanol–water partition coefficient (Wildman–Crippen LogP) is 7.78. The molecule has 1 aliphatic rings. The van der Waals surface area contributed by atoms with Crippen molar-refractivity contribution in [2.75, 3.05) is 11.5 Å². The number of amides is 2. The summed E-state index contributed by atoms with van der Waals surface area (Å²) in [6.07, 6.45) is 1.60. The predicted molar refractivity (Wildman–Crippen MR) is 185 cm³/mol. The fraction of sp³-hybridized carbons (Fsp3) is 0.0811. The van der Waals surface area contributed by atoms with Gasteiger partial charge in [-0.15, -0.1) is 0 Å². The third-order valence-corrected chi connectivity index (χ3v) is 8.29. The van der Waals surface area contributed by atoms with E-state index < -0.39 is 17.8 Å². The van der Waals surface area contributed by atoms with Crippen LogP contribution in [0.5, 0.6) is 0 Å². The first-order valence-corrected chi connectivity index (χ1v) is 15.4. The average molecular weight is 646 g/mol. The van der Waals surface area contributed by atoms with Crippen LogP contribution in [0, 0.1) is 6.92 Å². The number of thiocarbonyl (C=S) groups is 1. The molecule has 6 rings (SSSR count). The molecule has 0 spiro atoms. The highest BCUT2D eigenvalue weighted by molar-refractivity contribution is 7.80. The summed E-state index contributed by atoms with van der Waals surface area (Å²) in [5.41, 5.74) is 6.37. The third-order valence-electron chi connectivity index (χ3n) is 7.60. The molecule has 1 N–H and O–H groups in total. The topological polar surface area (TPSA) is 80.6 Å². The van der Waals surface area contributed by atoms with Crippen molar-refractivity contribution in [3.63, 3.8) is 0 Å². The minimum absolute atomic E-state index is 0.0282. The molecule has 1 saturated heterocycles. The molecule has 5 aromatic rings. The molecule has 0 saturated carbocycles. The van der Waals surface area contributed by atoms with Crippen LogP contribution in [0.4, 0.5) is 5.69 Å². The van der Waals surface area contributed by atoms with Crippen LogP contribution in [0.3, 0.4) is 0 Å². The summed E-state index contributed by atoms with van der Waals surface area (Å²) in [6, 6.07) is 33.8. The molecule has 1 aliphatic heterocycles. The molecule has 0 atom stereocenters. The first-order valence-electron chi connectivity index (χ1n) is 14.6. The van der Waals surface area contributed by atoms with Crippen molar-refractivity contribution in [1.29, 1.82) is 0 Å². The van der Waals surface area contributed by atoms with Crippen molar-refractivity contribution >= 4 is 58.5 Å². The van der Waals surface area contributed by atoms with Crippen LogP contribution < -0.4 is 10.2 Å². The molecule has 9 heteroatoms. The number of carbonyl (C=O) groups excluding carboxylic acids is 3. The second-order valence-corrected chi connectivity index (χ2v) is 11.4. The van der Waals surface area contributed by atoms with Crippen molar-refractivity contribution in [3.8, 4) is 28.2 Å². The number of benzene rings is 4. The van der Waals surface area contributed by atoms with Gasteiger partial charge in [-0.3, -0.25) is 19.8 Å². The van der Waals surface area contributed by atoms with Crippen molar-refractivity contribution in [2.45, 2.75) is 13.8 Å². The molecular formula is C37H28ClN3O4S. The zero-order chi connectivity index (χ0) is 32.4. The molecule has 1 fully saturated rings. The van der Waals surface area contributed by atoms with Crippen LogP contribution in [0.15, 0.2) is 115 Å². The number of hydrogen-bond donors (Lipinski definition) is 1. The largest absolute Gasteiger partial charge is 0.462 e. The Morgan fingerprint density at radius 2 is 1.50 bits per heavy atom. The van der Waals surface area contributed by atoms with Gasteiger partial charge in [-0.05, 0) is 91.3 Å². The fourth-order valence-corrected chi connectivity index (χ4v) is 5.81. The lowest BCUT2D eigenvalue weighted by atomic mass is 10.0. The van der Waals surface area contributed by atoms with E-state index in [0.29, 0.717) is 21.8 Å². The van der Waals surface area contributed by atoms with Crippen LogP contribution in [0.2, 0.25) is 5.02 Å². The maximum atomic E-state index is 14.0. The third kappa shape index (κ3) is 5.88. The van der Waals surface area contributed by atoms with Crippen LogP contribution >= 0.6 is 23.8 Å². The van der Waals surface area contributed by atoms with E-state index in [-0.39, 0.29) is 17.3 Å². The van der Waals surface area contributed by atoms with Crippen molar-refractivity contribution < 1.29 is 19.1 Å². The lowest BCUT2D eigenvalue weighted by Gasteiger charge is -2.29. The molecule has 0 aliphatic carbocycles. The Morgan fingerprint density at radius 3 is 2.13 bits per heavy atom. The summed E-state index contributed by atoms with van der Waals surface area (Å²) in [5, 5.41) is 3.11. The van der Waals surface area contributed by atoms with E-state index in [2.05, 4.69) is 9.88 Å². The number of anilines is 1. The van der Waals surface area contributed by atoms with E-state index in [9.17, 15) is 14.4 Å². The van der Waals surface area contributed by atoms with Gasteiger partial charge < -0.3 is 9.30 Å². The molecule has 0 unspecified atom stereocenters. The van der Waals surface area contributed by atoms with E-state index in [0.717, 1.165) is 33.8 Å². The maximum absolute atomic E-state index is 14.0. The van der Waals surface area contributed by atoms with Crippen LogP contribution in [0.25, 0.3) is 34.3 Å². The average Bonchev–Trinajstić information content (AvgIpc) is 3.45.